The minimum Gasteiger partial charge on any atom is -0.469 e. The van der Waals surface area contributed by atoms with E-state index >= 15 is 0 Å². The number of nitrogens with one attached hydrogen (secondary N) is 1. The third-order valence-electron chi connectivity index (χ3n) is 4.69. The average molecular weight is 333 g/mol. The zero-order chi connectivity index (χ0) is 17.2. The van der Waals surface area contributed by atoms with Crippen molar-refractivity contribution in [2.75, 3.05) is 25.5 Å². The van der Waals surface area contributed by atoms with Gasteiger partial charge >= 0.3 is 6.03 Å². The van der Waals surface area contributed by atoms with Gasteiger partial charge in [0.25, 0.3) is 0 Å². The van der Waals surface area contributed by atoms with Crippen LogP contribution in [0.15, 0.2) is 27.3 Å². The van der Waals surface area contributed by atoms with Gasteiger partial charge in [-0.2, -0.15) is 0 Å². The van der Waals surface area contributed by atoms with E-state index in [0.29, 0.717) is 24.7 Å². The van der Waals surface area contributed by atoms with E-state index in [1.54, 1.807) is 24.3 Å². The van der Waals surface area contributed by atoms with Crippen molar-refractivity contribution in [3.63, 3.8) is 0 Å². The second-order valence-electron chi connectivity index (χ2n) is 6.39. The highest BCUT2D eigenvalue weighted by Gasteiger charge is 2.29. The monoisotopic (exact) mass is 333 g/mol. The summed E-state index contributed by atoms with van der Waals surface area (Å²) in [6.45, 7) is 5.30. The van der Waals surface area contributed by atoms with Gasteiger partial charge in [-0.3, -0.25) is 5.32 Å². The summed E-state index contributed by atoms with van der Waals surface area (Å²) in [6, 6.07) is 3.34. The highest BCUT2D eigenvalue weighted by Crippen LogP contribution is 2.27. The number of methoxy groups -OCH3 is 1. The van der Waals surface area contributed by atoms with Gasteiger partial charge in [-0.15, -0.1) is 0 Å². The number of aromatic nitrogens is 1. The topological polar surface area (TPSA) is 80.7 Å². The molecule has 2 amide bonds. The fourth-order valence-corrected chi connectivity index (χ4v) is 2.95. The van der Waals surface area contributed by atoms with Crippen LogP contribution in [0.5, 0.6) is 0 Å². The summed E-state index contributed by atoms with van der Waals surface area (Å²) in [4.78, 5) is 14.2. The molecule has 3 rings (SSSR count). The molecule has 2 aromatic heterocycles. The molecule has 0 radical (unpaired) electrons. The van der Waals surface area contributed by atoms with Crippen LogP contribution >= 0.6 is 0 Å². The smallest absolute Gasteiger partial charge is 0.323 e. The molecule has 1 atom stereocenters. The van der Waals surface area contributed by atoms with Crippen LogP contribution in [0.25, 0.3) is 11.3 Å². The zero-order valence-corrected chi connectivity index (χ0v) is 14.3. The Kier molecular flexibility index (Phi) is 4.62. The standard InChI is InChI=1S/C17H23N3O4/c1-12-13(5-10-23-12)14-11-15(19-24-14)18-16(21)20-8-4-6-17(2,22-3)7-9-20/h5,10-11H,4,6-9H2,1-3H3,(H,18,19,21)/t17-/m0/s1. The maximum Gasteiger partial charge on any atom is 0.323 e. The third-order valence-corrected chi connectivity index (χ3v) is 4.69. The van der Waals surface area contributed by atoms with Crippen molar-refractivity contribution < 1.29 is 18.5 Å². The van der Waals surface area contributed by atoms with Gasteiger partial charge in [-0.05, 0) is 39.2 Å². The fraction of sp³-hybridized carbons (Fsp3) is 0.529. The number of urea groups is 1. The Bertz CT molecular complexity index is 708. The number of hydrogen-bond acceptors (Lipinski definition) is 5. The molecule has 0 bridgehead atoms. The van der Waals surface area contributed by atoms with E-state index < -0.39 is 0 Å². The summed E-state index contributed by atoms with van der Waals surface area (Å²) in [5, 5.41) is 6.71. The summed E-state index contributed by atoms with van der Waals surface area (Å²) in [5.74, 6) is 1.71. The van der Waals surface area contributed by atoms with Gasteiger partial charge in [0.1, 0.15) is 5.76 Å². The molecule has 1 aliphatic heterocycles. The molecule has 0 saturated carbocycles. The lowest BCUT2D eigenvalue weighted by Crippen LogP contribution is -2.37. The van der Waals surface area contributed by atoms with Crippen LogP contribution in [-0.2, 0) is 4.74 Å². The number of hydrogen-bond donors (Lipinski definition) is 1. The molecule has 0 spiro atoms. The van der Waals surface area contributed by atoms with E-state index in [4.69, 9.17) is 13.7 Å². The molecule has 0 aliphatic carbocycles. The van der Waals surface area contributed by atoms with E-state index in [9.17, 15) is 4.79 Å². The Labute approximate surface area is 140 Å². The molecule has 7 nitrogen and oxygen atoms in total. The molecular formula is C17H23N3O4. The van der Waals surface area contributed by atoms with Crippen LogP contribution in [0.2, 0.25) is 0 Å². The van der Waals surface area contributed by atoms with E-state index in [1.165, 1.54) is 0 Å². The van der Waals surface area contributed by atoms with Crippen molar-refractivity contribution in [3.8, 4) is 11.3 Å². The second-order valence-corrected chi connectivity index (χ2v) is 6.39. The van der Waals surface area contributed by atoms with Crippen LogP contribution in [0.4, 0.5) is 10.6 Å². The Morgan fingerprint density at radius 3 is 2.96 bits per heavy atom. The predicted octanol–water partition coefficient (Wildman–Crippen LogP) is 3.67. The van der Waals surface area contributed by atoms with Gasteiger partial charge in [0.15, 0.2) is 11.6 Å². The van der Waals surface area contributed by atoms with E-state index in [2.05, 4.69) is 17.4 Å². The minimum atomic E-state index is -0.167. The van der Waals surface area contributed by atoms with Crippen molar-refractivity contribution in [3.05, 3.63) is 24.2 Å². The van der Waals surface area contributed by atoms with Crippen molar-refractivity contribution in [2.45, 2.75) is 38.7 Å². The SMILES string of the molecule is CO[C@@]1(C)CCCN(C(=O)Nc2cc(-c3ccoc3C)on2)CC1. The first-order valence-electron chi connectivity index (χ1n) is 8.13. The quantitative estimate of drug-likeness (QED) is 0.927. The molecular weight excluding hydrogens is 310 g/mol. The molecule has 3 heterocycles. The van der Waals surface area contributed by atoms with Gasteiger partial charge < -0.3 is 18.6 Å². The summed E-state index contributed by atoms with van der Waals surface area (Å²) in [7, 11) is 1.73. The lowest BCUT2D eigenvalue weighted by atomic mass is 9.97. The highest BCUT2D eigenvalue weighted by molar-refractivity contribution is 5.88. The summed E-state index contributed by atoms with van der Waals surface area (Å²) < 4.78 is 16.1. The average Bonchev–Trinajstić information content (AvgIpc) is 3.13. The largest absolute Gasteiger partial charge is 0.469 e. The van der Waals surface area contributed by atoms with Gasteiger partial charge in [0.2, 0.25) is 0 Å². The number of aryl methyl sites for hydroxylation is 1. The summed E-state index contributed by atoms with van der Waals surface area (Å²) in [5.41, 5.74) is 0.670. The van der Waals surface area contributed by atoms with Gasteiger partial charge in [-0.25, -0.2) is 4.79 Å². The van der Waals surface area contributed by atoms with Gasteiger partial charge in [0.05, 0.1) is 17.4 Å². The lowest BCUT2D eigenvalue weighted by Gasteiger charge is -2.26. The number of furan rings is 1. The molecule has 0 aromatic carbocycles. The van der Waals surface area contributed by atoms with Crippen LogP contribution in [-0.4, -0.2) is 41.9 Å². The fourth-order valence-electron chi connectivity index (χ4n) is 2.95. The molecule has 1 fully saturated rings. The summed E-state index contributed by atoms with van der Waals surface area (Å²) in [6.07, 6.45) is 4.27. The minimum absolute atomic E-state index is 0.158. The Balaban J connectivity index is 1.63. The number of ether oxygens (including phenoxy) is 1. The molecule has 7 heteroatoms. The first-order valence-corrected chi connectivity index (χ1v) is 8.13. The maximum atomic E-state index is 12.5. The molecule has 1 N–H and O–H groups in total. The highest BCUT2D eigenvalue weighted by atomic mass is 16.5. The first kappa shape index (κ1) is 16.6. The van der Waals surface area contributed by atoms with E-state index in [-0.39, 0.29) is 11.6 Å². The van der Waals surface area contributed by atoms with Gasteiger partial charge in [-0.1, -0.05) is 5.16 Å². The van der Waals surface area contributed by atoms with Crippen molar-refractivity contribution in [1.29, 1.82) is 0 Å². The Morgan fingerprint density at radius 1 is 1.42 bits per heavy atom. The Morgan fingerprint density at radius 2 is 2.25 bits per heavy atom. The molecule has 0 unspecified atom stereocenters. The number of nitrogens with zero attached hydrogens (tertiary/aromatic N) is 2. The van der Waals surface area contributed by atoms with Crippen LogP contribution in [0.3, 0.4) is 0 Å². The lowest BCUT2D eigenvalue weighted by molar-refractivity contribution is -0.00492. The van der Waals surface area contributed by atoms with Crippen molar-refractivity contribution >= 4 is 11.8 Å². The molecule has 1 saturated heterocycles. The van der Waals surface area contributed by atoms with Crippen LogP contribution < -0.4 is 5.32 Å². The molecule has 1 aliphatic rings. The van der Waals surface area contributed by atoms with Crippen LogP contribution in [0.1, 0.15) is 31.9 Å². The van der Waals surface area contributed by atoms with Crippen LogP contribution in [0, 0.1) is 6.92 Å². The molecule has 24 heavy (non-hydrogen) atoms. The zero-order valence-electron chi connectivity index (χ0n) is 14.3. The number of amides is 2. The predicted molar refractivity (Wildman–Crippen MR) is 88.8 cm³/mol. The first-order chi connectivity index (χ1) is 11.5. The third kappa shape index (κ3) is 3.46. The van der Waals surface area contributed by atoms with Crippen molar-refractivity contribution in [1.82, 2.24) is 10.1 Å². The number of anilines is 1. The number of rotatable bonds is 3. The normalized spacial score (nSPS) is 21.5. The number of likely N-dealkylation sites (tertiary alicyclic amines) is 1. The summed E-state index contributed by atoms with van der Waals surface area (Å²) >= 11 is 0. The van der Waals surface area contributed by atoms with E-state index in [0.717, 1.165) is 30.6 Å². The van der Waals surface area contributed by atoms with Crippen molar-refractivity contribution in [2.24, 2.45) is 0 Å². The number of carbonyl (C=O) groups is 1. The number of carbonyl (C=O) groups excluding carboxylic acids is 1. The second kappa shape index (κ2) is 6.68. The van der Waals surface area contributed by atoms with Gasteiger partial charge in [0, 0.05) is 26.3 Å². The van der Waals surface area contributed by atoms with E-state index in [1.807, 2.05) is 13.0 Å². The Hall–Kier alpha value is -2.28. The maximum absolute atomic E-state index is 12.5. The molecule has 2 aromatic rings. The molecule has 130 valence electrons.